The molecule has 65 heavy (non-hydrogen) atoms. The topological polar surface area (TPSA) is 30.7 Å². The average molecular weight is 866 g/mol. The molecule has 0 aliphatic heterocycles. The quantitative estimate of drug-likeness (QED) is 0.149. The third-order valence-corrected chi connectivity index (χ3v) is 11.9. The van der Waals surface area contributed by atoms with Crippen LogP contribution in [0.3, 0.4) is 0 Å². The minimum Gasteiger partial charge on any atom is -0.308 e. The van der Waals surface area contributed by atoms with Crippen molar-refractivity contribution in [3.8, 4) is 73.0 Å². The molecule has 10 rings (SSSR count). The molecule has 0 N–H and O–H groups in total. The number of alkyl halides is 6. The van der Waals surface area contributed by atoms with Crippen molar-refractivity contribution in [3.63, 3.8) is 0 Å². The molecule has 0 saturated heterocycles. The minimum absolute atomic E-state index is 0.318. The molecule has 2 heterocycles. The summed E-state index contributed by atoms with van der Waals surface area (Å²) in [6, 6.07) is 55.2. The predicted molar refractivity (Wildman–Crippen MR) is 248 cm³/mol. The normalized spacial score (nSPS) is 12.0. The van der Waals surface area contributed by atoms with Crippen LogP contribution in [-0.2, 0) is 12.4 Å². The van der Waals surface area contributed by atoms with Gasteiger partial charge in [-0.25, -0.2) is 9.97 Å². The van der Waals surface area contributed by atoms with Gasteiger partial charge in [-0.1, -0.05) is 133 Å². The van der Waals surface area contributed by atoms with Crippen molar-refractivity contribution in [1.29, 1.82) is 0 Å². The largest absolute Gasteiger partial charge is 0.416 e. The van der Waals surface area contributed by atoms with Gasteiger partial charge in [0.1, 0.15) is 0 Å². The van der Waals surface area contributed by atoms with Crippen LogP contribution in [0.25, 0.3) is 94.8 Å². The highest BCUT2D eigenvalue weighted by atomic mass is 19.4. The molecule has 0 atom stereocenters. The van der Waals surface area contributed by atoms with E-state index >= 15 is 0 Å². The number of fused-ring (bicyclic) bond motifs is 3. The second-order valence-electron chi connectivity index (χ2n) is 16.2. The molecule has 2 aromatic heterocycles. The highest BCUT2D eigenvalue weighted by Crippen LogP contribution is 2.46. The third kappa shape index (κ3) is 7.84. The summed E-state index contributed by atoms with van der Waals surface area (Å²) in [4.78, 5) is 10.2. The summed E-state index contributed by atoms with van der Waals surface area (Å²) in [6.45, 7) is 4.13. The first-order valence-corrected chi connectivity index (χ1v) is 20.9. The zero-order chi connectivity index (χ0) is 45.0. The molecule has 0 bridgehead atoms. The molecule has 3 nitrogen and oxygen atoms in total. The minimum atomic E-state index is -4.59. The molecule has 8 aromatic carbocycles. The van der Waals surface area contributed by atoms with Crippen molar-refractivity contribution in [2.24, 2.45) is 0 Å². The molecule has 0 spiro atoms. The second kappa shape index (κ2) is 16.1. The lowest BCUT2D eigenvalue weighted by Gasteiger charge is -2.22. The van der Waals surface area contributed by atoms with Crippen LogP contribution in [0, 0.1) is 13.8 Å². The lowest BCUT2D eigenvalue weighted by Crippen LogP contribution is -2.06. The number of halogens is 6. The van der Waals surface area contributed by atoms with Crippen LogP contribution in [0.1, 0.15) is 22.3 Å². The molecular weight excluding hydrogens is 829 g/mol. The summed E-state index contributed by atoms with van der Waals surface area (Å²) < 4.78 is 86.8. The van der Waals surface area contributed by atoms with Crippen LogP contribution in [-0.4, -0.2) is 14.5 Å². The van der Waals surface area contributed by atoms with Crippen molar-refractivity contribution in [3.05, 3.63) is 210 Å². The van der Waals surface area contributed by atoms with E-state index in [1.54, 1.807) is 0 Å². The van der Waals surface area contributed by atoms with Gasteiger partial charge in [0.15, 0.2) is 5.82 Å². The van der Waals surface area contributed by atoms with Crippen LogP contribution in [0.4, 0.5) is 26.3 Å². The molecule has 0 fully saturated rings. The van der Waals surface area contributed by atoms with Gasteiger partial charge in [0.05, 0.1) is 39.2 Å². The Bertz CT molecular complexity index is 3250. The van der Waals surface area contributed by atoms with Crippen LogP contribution in [0.2, 0.25) is 0 Å². The summed E-state index contributed by atoms with van der Waals surface area (Å²) in [5, 5.41) is 1.84. The summed E-state index contributed by atoms with van der Waals surface area (Å²) in [6.07, 6.45) is -9.18. The predicted octanol–water partition coefficient (Wildman–Crippen LogP) is 16.2. The number of nitrogens with zero attached hydrogens (tertiary/aromatic N) is 3. The highest BCUT2D eigenvalue weighted by Gasteiger charge is 2.32. The van der Waals surface area contributed by atoms with E-state index in [0.29, 0.717) is 50.7 Å². The van der Waals surface area contributed by atoms with Gasteiger partial charge in [0.2, 0.25) is 0 Å². The number of benzene rings is 8. The van der Waals surface area contributed by atoms with E-state index in [4.69, 9.17) is 9.97 Å². The van der Waals surface area contributed by atoms with E-state index < -0.39 is 23.5 Å². The smallest absolute Gasteiger partial charge is 0.308 e. The van der Waals surface area contributed by atoms with Crippen LogP contribution < -0.4 is 0 Å². The van der Waals surface area contributed by atoms with Gasteiger partial charge < -0.3 is 4.57 Å². The van der Waals surface area contributed by atoms with Crippen molar-refractivity contribution in [1.82, 2.24) is 14.5 Å². The second-order valence-corrected chi connectivity index (χ2v) is 16.2. The highest BCUT2D eigenvalue weighted by molar-refractivity contribution is 6.12. The lowest BCUT2D eigenvalue weighted by molar-refractivity contribution is -0.138. The van der Waals surface area contributed by atoms with Crippen molar-refractivity contribution >= 4 is 21.8 Å². The molecule has 0 aliphatic carbocycles. The molecule has 0 radical (unpaired) electrons. The molecule has 0 amide bonds. The number of hydrogen-bond acceptors (Lipinski definition) is 2. The van der Waals surface area contributed by atoms with E-state index in [1.165, 1.54) is 24.3 Å². The fraction of sp³-hybridized carbons (Fsp3) is 0.0714. The molecule has 9 heteroatoms. The first-order chi connectivity index (χ1) is 31.3. The van der Waals surface area contributed by atoms with Gasteiger partial charge in [0.25, 0.3) is 0 Å². The van der Waals surface area contributed by atoms with Crippen molar-refractivity contribution < 1.29 is 26.3 Å². The first kappa shape index (κ1) is 41.2. The third-order valence-electron chi connectivity index (χ3n) is 11.9. The fourth-order valence-electron chi connectivity index (χ4n) is 8.73. The SMILES string of the molecule is Cc1ccc(-c2ccc3c(c2)c2ccccc2n3-c2c(-c3ccc(C(F)(F)F)cc3)cc(-c3nc(-c4ccccc4)cc(-c4ccccc4)n3)cc2-c2ccc(C(F)(F)F)cc2)c(C)c1. The Kier molecular flexibility index (Phi) is 10.2. The van der Waals surface area contributed by atoms with Gasteiger partial charge in [-0.05, 0) is 102 Å². The number of aromatic nitrogens is 3. The maximum atomic E-state index is 14.1. The molecule has 0 saturated carbocycles. The molecule has 0 aliphatic rings. The Balaban J connectivity index is 1.32. The van der Waals surface area contributed by atoms with E-state index in [1.807, 2.05) is 115 Å². The summed E-state index contributed by atoms with van der Waals surface area (Å²) >= 11 is 0. The van der Waals surface area contributed by atoms with Crippen molar-refractivity contribution in [2.45, 2.75) is 26.2 Å². The Labute approximate surface area is 371 Å². The zero-order valence-electron chi connectivity index (χ0n) is 35.0. The van der Waals surface area contributed by atoms with E-state index in [9.17, 15) is 26.3 Å². The van der Waals surface area contributed by atoms with E-state index in [0.717, 1.165) is 79.5 Å². The lowest BCUT2D eigenvalue weighted by atomic mass is 9.91. The maximum Gasteiger partial charge on any atom is 0.416 e. The van der Waals surface area contributed by atoms with Gasteiger partial charge in [0, 0.05) is 38.6 Å². The number of aryl methyl sites for hydroxylation is 2. The Hall–Kier alpha value is -7.78. The maximum absolute atomic E-state index is 14.1. The first-order valence-electron chi connectivity index (χ1n) is 20.9. The van der Waals surface area contributed by atoms with Gasteiger partial charge >= 0.3 is 12.4 Å². The number of para-hydroxylation sites is 1. The Morgan fingerprint density at radius 1 is 0.385 bits per heavy atom. The van der Waals surface area contributed by atoms with Gasteiger partial charge in [-0.15, -0.1) is 0 Å². The fourth-order valence-corrected chi connectivity index (χ4v) is 8.73. The Morgan fingerprint density at radius 3 is 1.40 bits per heavy atom. The van der Waals surface area contributed by atoms with Crippen molar-refractivity contribution in [2.75, 3.05) is 0 Å². The number of rotatable bonds is 7. The molecule has 0 unspecified atom stereocenters. The Morgan fingerprint density at radius 2 is 0.877 bits per heavy atom. The monoisotopic (exact) mass is 865 g/mol. The average Bonchev–Trinajstić information content (AvgIpc) is 3.64. The van der Waals surface area contributed by atoms with Crippen LogP contribution >= 0.6 is 0 Å². The molecule has 318 valence electrons. The standard InChI is InChI=1S/C56H37F6N3/c1-34-17-27-44(35(2)29-34)40-22-28-52-48(30-40)45-15-9-10-16-51(45)65(52)53-46(36-18-23-42(24-19-36)55(57,58)59)31-41(32-47(53)37-20-25-43(26-21-37)56(60,61)62)54-63-49(38-11-5-3-6-12-38)33-50(64-54)39-13-7-4-8-14-39/h3-33H,1-2H3. The molecule has 10 aromatic rings. The van der Waals surface area contributed by atoms with Gasteiger partial charge in [-0.2, -0.15) is 26.3 Å². The van der Waals surface area contributed by atoms with E-state index in [2.05, 4.69) is 42.7 Å². The molecular formula is C56H37F6N3. The van der Waals surface area contributed by atoms with Gasteiger partial charge in [-0.3, -0.25) is 0 Å². The van der Waals surface area contributed by atoms with E-state index in [-0.39, 0.29) is 0 Å². The van der Waals surface area contributed by atoms with Crippen LogP contribution in [0.5, 0.6) is 0 Å². The number of hydrogen-bond donors (Lipinski definition) is 0. The zero-order valence-corrected chi connectivity index (χ0v) is 35.0. The summed E-state index contributed by atoms with van der Waals surface area (Å²) in [5.74, 6) is 0.318. The summed E-state index contributed by atoms with van der Waals surface area (Å²) in [7, 11) is 0. The van der Waals surface area contributed by atoms with Crippen LogP contribution in [0.15, 0.2) is 188 Å². The summed E-state index contributed by atoms with van der Waals surface area (Å²) in [5.41, 5.74) is 10.2.